The minimum atomic E-state index is -0.974. The number of hydrogen-bond donors (Lipinski definition) is 3. The van der Waals surface area contributed by atoms with Gasteiger partial charge < -0.3 is 21.0 Å². The van der Waals surface area contributed by atoms with Gasteiger partial charge in [-0.3, -0.25) is 4.79 Å². The summed E-state index contributed by atoms with van der Waals surface area (Å²) in [7, 11) is 0. The Morgan fingerprint density at radius 3 is 2.83 bits per heavy atom. The van der Waals surface area contributed by atoms with Crippen molar-refractivity contribution in [2.45, 2.75) is 12.5 Å². The van der Waals surface area contributed by atoms with Crippen LogP contribution in [0.4, 0.5) is 5.69 Å². The number of nitrogens with two attached hydrogens (primary N) is 2. The third kappa shape index (κ3) is 1.76. The molecule has 0 bridgehead atoms. The average Bonchev–Trinajstić information content (AvgIpc) is 2.33. The van der Waals surface area contributed by atoms with E-state index in [0.717, 1.165) is 0 Å². The highest BCUT2D eigenvalue weighted by atomic mass is 16.4. The van der Waals surface area contributed by atoms with Crippen molar-refractivity contribution < 1.29 is 14.3 Å². The Bertz CT molecular complexity index is 282. The van der Waals surface area contributed by atoms with Gasteiger partial charge >= 0.3 is 5.97 Å². The summed E-state index contributed by atoms with van der Waals surface area (Å²) in [5.74, 6) is -0.643. The van der Waals surface area contributed by atoms with Gasteiger partial charge in [-0.05, 0) is 6.07 Å². The largest absolute Gasteiger partial charge is 0.481 e. The van der Waals surface area contributed by atoms with Gasteiger partial charge in [0.2, 0.25) is 0 Å². The van der Waals surface area contributed by atoms with Crippen LogP contribution in [0.2, 0.25) is 0 Å². The lowest BCUT2D eigenvalue weighted by Gasteiger charge is -2.05. The highest BCUT2D eigenvalue weighted by Crippen LogP contribution is 2.21. The first kappa shape index (κ1) is 8.61. The van der Waals surface area contributed by atoms with E-state index in [0.29, 0.717) is 11.4 Å². The van der Waals surface area contributed by atoms with Crippen molar-refractivity contribution in [3.05, 3.63) is 18.1 Å². The molecule has 0 aliphatic carbocycles. The summed E-state index contributed by atoms with van der Waals surface area (Å²) in [6.07, 6.45) is 1.20. The molecule has 0 saturated carbocycles. The van der Waals surface area contributed by atoms with Gasteiger partial charge in [0.25, 0.3) is 0 Å². The molecular formula is C7H10N2O3. The standard InChI is InChI=1S/C7H10N2O3/c8-4-1-2-12-7(4)5(9)3-6(10)11/h1-2,5H,3,8-9H2,(H,10,11). The molecule has 0 amide bonds. The summed E-state index contributed by atoms with van der Waals surface area (Å²) in [4.78, 5) is 10.3. The predicted octanol–water partition coefficient (Wildman–Crippen LogP) is 0.336. The maximum absolute atomic E-state index is 10.3. The third-order valence-corrected chi connectivity index (χ3v) is 1.46. The number of anilines is 1. The van der Waals surface area contributed by atoms with Gasteiger partial charge in [0.1, 0.15) is 5.76 Å². The summed E-state index contributed by atoms with van der Waals surface area (Å²) >= 11 is 0. The molecular weight excluding hydrogens is 160 g/mol. The highest BCUT2D eigenvalue weighted by molar-refractivity contribution is 5.68. The van der Waals surface area contributed by atoms with E-state index >= 15 is 0 Å². The Kier molecular flexibility index (Phi) is 2.35. The van der Waals surface area contributed by atoms with Gasteiger partial charge in [0.15, 0.2) is 0 Å². The van der Waals surface area contributed by atoms with E-state index < -0.39 is 12.0 Å². The number of furan rings is 1. The van der Waals surface area contributed by atoms with Crippen molar-refractivity contribution in [3.63, 3.8) is 0 Å². The van der Waals surface area contributed by atoms with E-state index in [1.165, 1.54) is 12.3 Å². The Hall–Kier alpha value is -1.49. The summed E-state index contributed by atoms with van der Waals surface area (Å²) in [5, 5.41) is 8.41. The SMILES string of the molecule is Nc1ccoc1C(N)CC(=O)O. The van der Waals surface area contributed by atoms with E-state index in [4.69, 9.17) is 21.0 Å². The fourth-order valence-corrected chi connectivity index (χ4v) is 0.913. The number of aliphatic carboxylic acids is 1. The second kappa shape index (κ2) is 3.27. The lowest BCUT2D eigenvalue weighted by molar-refractivity contribution is -0.137. The summed E-state index contributed by atoms with van der Waals surface area (Å²) < 4.78 is 4.91. The molecule has 1 aromatic heterocycles. The van der Waals surface area contributed by atoms with Crippen LogP contribution in [0.5, 0.6) is 0 Å². The van der Waals surface area contributed by atoms with Crippen LogP contribution >= 0.6 is 0 Å². The molecule has 5 N–H and O–H groups in total. The predicted molar refractivity (Wildman–Crippen MR) is 42.3 cm³/mol. The van der Waals surface area contributed by atoms with Crippen molar-refractivity contribution in [2.24, 2.45) is 5.73 Å². The zero-order valence-electron chi connectivity index (χ0n) is 6.36. The molecule has 1 heterocycles. The van der Waals surface area contributed by atoms with Gasteiger partial charge in [-0.2, -0.15) is 0 Å². The van der Waals surface area contributed by atoms with Gasteiger partial charge in [-0.15, -0.1) is 0 Å². The van der Waals surface area contributed by atoms with E-state index in [9.17, 15) is 4.79 Å². The second-order valence-corrected chi connectivity index (χ2v) is 2.44. The molecule has 0 fully saturated rings. The topological polar surface area (TPSA) is 102 Å². The van der Waals surface area contributed by atoms with Crippen molar-refractivity contribution in [1.82, 2.24) is 0 Å². The van der Waals surface area contributed by atoms with Crippen molar-refractivity contribution in [3.8, 4) is 0 Å². The van der Waals surface area contributed by atoms with Crippen LogP contribution in [-0.2, 0) is 4.79 Å². The Labute approximate surface area is 69.0 Å². The molecule has 0 saturated heterocycles. The van der Waals surface area contributed by atoms with Crippen LogP contribution in [0, 0.1) is 0 Å². The van der Waals surface area contributed by atoms with Crippen LogP contribution in [0.25, 0.3) is 0 Å². The van der Waals surface area contributed by atoms with Crippen LogP contribution in [0.1, 0.15) is 18.2 Å². The lowest BCUT2D eigenvalue weighted by Crippen LogP contribution is -2.15. The molecule has 1 aromatic rings. The van der Waals surface area contributed by atoms with Gasteiger partial charge in [0.05, 0.1) is 24.4 Å². The first-order valence-corrected chi connectivity index (χ1v) is 3.41. The van der Waals surface area contributed by atoms with Crippen molar-refractivity contribution >= 4 is 11.7 Å². The summed E-state index contributed by atoms with van der Waals surface area (Å²) in [6.45, 7) is 0. The first-order valence-electron chi connectivity index (χ1n) is 3.41. The molecule has 1 rings (SSSR count). The number of carbonyl (C=O) groups is 1. The third-order valence-electron chi connectivity index (χ3n) is 1.46. The van der Waals surface area contributed by atoms with Crippen molar-refractivity contribution in [2.75, 3.05) is 5.73 Å². The maximum Gasteiger partial charge on any atom is 0.305 e. The molecule has 12 heavy (non-hydrogen) atoms. The first-order chi connectivity index (χ1) is 5.61. The van der Waals surface area contributed by atoms with E-state index in [2.05, 4.69) is 0 Å². The van der Waals surface area contributed by atoms with E-state index in [1.807, 2.05) is 0 Å². The monoisotopic (exact) mass is 170 g/mol. The van der Waals surface area contributed by atoms with Crippen LogP contribution in [-0.4, -0.2) is 11.1 Å². The molecule has 66 valence electrons. The molecule has 0 radical (unpaired) electrons. The summed E-state index contributed by atoms with van der Waals surface area (Å²) in [5.41, 5.74) is 11.3. The van der Waals surface area contributed by atoms with Crippen LogP contribution in [0.15, 0.2) is 16.7 Å². The lowest BCUT2D eigenvalue weighted by atomic mass is 10.1. The van der Waals surface area contributed by atoms with E-state index in [-0.39, 0.29) is 6.42 Å². The molecule has 5 heteroatoms. The van der Waals surface area contributed by atoms with Gasteiger partial charge in [-0.1, -0.05) is 0 Å². The fourth-order valence-electron chi connectivity index (χ4n) is 0.913. The van der Waals surface area contributed by atoms with Crippen LogP contribution in [0.3, 0.4) is 0 Å². The highest BCUT2D eigenvalue weighted by Gasteiger charge is 2.15. The molecule has 0 aliphatic rings. The van der Waals surface area contributed by atoms with E-state index in [1.54, 1.807) is 0 Å². The quantitative estimate of drug-likeness (QED) is 0.606. The molecule has 0 aliphatic heterocycles. The normalized spacial score (nSPS) is 12.8. The average molecular weight is 170 g/mol. The number of carboxylic acid groups (broad SMARTS) is 1. The maximum atomic E-state index is 10.3. The van der Waals surface area contributed by atoms with Crippen molar-refractivity contribution in [1.29, 1.82) is 0 Å². The molecule has 0 aromatic carbocycles. The Morgan fingerprint density at radius 1 is 1.75 bits per heavy atom. The summed E-state index contributed by atoms with van der Waals surface area (Å²) in [6, 6.07) is 0.870. The Morgan fingerprint density at radius 2 is 2.42 bits per heavy atom. The molecule has 5 nitrogen and oxygen atoms in total. The number of nitrogen functional groups attached to an aromatic ring is 1. The molecule has 1 unspecified atom stereocenters. The molecule has 1 atom stereocenters. The minimum absolute atomic E-state index is 0.183. The zero-order chi connectivity index (χ0) is 9.14. The Balaban J connectivity index is 2.71. The van der Waals surface area contributed by atoms with Crippen LogP contribution < -0.4 is 11.5 Å². The number of carboxylic acids is 1. The zero-order valence-corrected chi connectivity index (χ0v) is 6.36. The van der Waals surface area contributed by atoms with Gasteiger partial charge in [0, 0.05) is 0 Å². The van der Waals surface area contributed by atoms with Gasteiger partial charge in [-0.25, -0.2) is 0 Å². The second-order valence-electron chi connectivity index (χ2n) is 2.44. The molecule has 0 spiro atoms. The number of rotatable bonds is 3. The minimum Gasteiger partial charge on any atom is -0.481 e. The fraction of sp³-hybridized carbons (Fsp3) is 0.286. The number of hydrogen-bond acceptors (Lipinski definition) is 4. The smallest absolute Gasteiger partial charge is 0.305 e.